The van der Waals surface area contributed by atoms with E-state index in [0.717, 1.165) is 11.2 Å². The van der Waals surface area contributed by atoms with Crippen LogP contribution in [0.15, 0.2) is 36.5 Å². The second-order valence-electron chi connectivity index (χ2n) is 5.40. The number of nitrogens with two attached hydrogens (primary N) is 1. The average molecular weight is 241 g/mol. The molecular formula is C15H19N3. The lowest BCUT2D eigenvalue weighted by Gasteiger charge is -2.31. The maximum atomic E-state index is 5.96. The van der Waals surface area contributed by atoms with Gasteiger partial charge in [-0.15, -0.1) is 0 Å². The lowest BCUT2D eigenvalue weighted by molar-refractivity contribution is 0.460. The zero-order chi connectivity index (χ0) is 12.6. The Morgan fingerprint density at radius 1 is 1.33 bits per heavy atom. The van der Waals surface area contributed by atoms with Gasteiger partial charge in [-0.25, -0.2) is 0 Å². The molecule has 3 nitrogen and oxygen atoms in total. The summed E-state index contributed by atoms with van der Waals surface area (Å²) in [5.41, 5.74) is 8.13. The van der Waals surface area contributed by atoms with Gasteiger partial charge in [0.25, 0.3) is 0 Å². The van der Waals surface area contributed by atoms with Crippen molar-refractivity contribution in [2.24, 2.45) is 11.7 Å². The molecule has 1 aromatic carbocycles. The Labute approximate surface area is 107 Å². The van der Waals surface area contributed by atoms with Crippen LogP contribution in [0.3, 0.4) is 0 Å². The third kappa shape index (κ3) is 1.95. The first-order chi connectivity index (χ1) is 8.73. The van der Waals surface area contributed by atoms with E-state index < -0.39 is 0 Å². The normalized spacial score (nSPS) is 18.6. The summed E-state index contributed by atoms with van der Waals surface area (Å²) in [6.07, 6.45) is 4.42. The van der Waals surface area contributed by atoms with Crippen LogP contribution in [-0.2, 0) is 0 Å². The average Bonchev–Trinajstić information content (AvgIpc) is 3.24. The number of pyridine rings is 1. The summed E-state index contributed by atoms with van der Waals surface area (Å²) in [5.74, 6) is 0.703. The largest absolute Gasteiger partial charge is 0.378 e. The van der Waals surface area contributed by atoms with Crippen molar-refractivity contribution in [3.8, 4) is 0 Å². The first-order valence-corrected chi connectivity index (χ1v) is 6.55. The zero-order valence-electron chi connectivity index (χ0n) is 10.7. The topological polar surface area (TPSA) is 50.9 Å². The Hall–Kier alpha value is -1.61. The summed E-state index contributed by atoms with van der Waals surface area (Å²) in [6, 6.07) is 10.2. The van der Waals surface area contributed by atoms with Gasteiger partial charge in [-0.2, -0.15) is 0 Å². The molecule has 1 unspecified atom stereocenters. The third-order valence-corrected chi connectivity index (χ3v) is 3.97. The summed E-state index contributed by atoms with van der Waals surface area (Å²) in [6.45, 7) is 2.88. The molecule has 0 aliphatic heterocycles. The minimum atomic E-state index is 0.00409. The number of fused-ring (bicyclic) bond motifs is 1. The number of anilines is 1. The van der Waals surface area contributed by atoms with Gasteiger partial charge in [0.2, 0.25) is 0 Å². The Morgan fingerprint density at radius 3 is 2.83 bits per heavy atom. The molecule has 1 heterocycles. The van der Waals surface area contributed by atoms with Gasteiger partial charge in [-0.3, -0.25) is 4.98 Å². The van der Waals surface area contributed by atoms with Gasteiger partial charge in [0, 0.05) is 29.4 Å². The van der Waals surface area contributed by atoms with Crippen LogP contribution in [0.2, 0.25) is 0 Å². The van der Waals surface area contributed by atoms with Crippen LogP contribution in [0, 0.1) is 5.92 Å². The molecule has 1 aromatic heterocycles. The molecule has 0 saturated heterocycles. The number of aromatic nitrogens is 1. The van der Waals surface area contributed by atoms with E-state index in [2.05, 4.69) is 23.3 Å². The molecule has 1 aliphatic carbocycles. The van der Waals surface area contributed by atoms with E-state index in [0.29, 0.717) is 12.5 Å². The molecule has 1 aliphatic rings. The summed E-state index contributed by atoms with van der Waals surface area (Å²) >= 11 is 0. The van der Waals surface area contributed by atoms with E-state index in [9.17, 15) is 0 Å². The van der Waals surface area contributed by atoms with Gasteiger partial charge in [0.05, 0.1) is 5.52 Å². The van der Waals surface area contributed by atoms with Crippen molar-refractivity contribution in [2.75, 3.05) is 11.9 Å². The Kier molecular flexibility index (Phi) is 2.71. The van der Waals surface area contributed by atoms with E-state index >= 15 is 0 Å². The van der Waals surface area contributed by atoms with Gasteiger partial charge in [-0.1, -0.05) is 18.2 Å². The first-order valence-electron chi connectivity index (χ1n) is 6.55. The highest BCUT2D eigenvalue weighted by Crippen LogP contribution is 2.41. The van der Waals surface area contributed by atoms with Crippen molar-refractivity contribution in [3.05, 3.63) is 36.5 Å². The lowest BCUT2D eigenvalue weighted by Crippen LogP contribution is -2.44. The molecule has 3 heteroatoms. The summed E-state index contributed by atoms with van der Waals surface area (Å²) in [7, 11) is 0. The van der Waals surface area contributed by atoms with E-state index in [-0.39, 0.29) is 5.54 Å². The fraction of sp³-hybridized carbons (Fsp3) is 0.400. The maximum absolute atomic E-state index is 5.96. The SMILES string of the molecule is CC(CN)(Nc1ccnc2ccccc12)C1CC1. The number of para-hydroxylation sites is 1. The summed E-state index contributed by atoms with van der Waals surface area (Å²) in [5, 5.41) is 4.81. The van der Waals surface area contributed by atoms with E-state index in [4.69, 9.17) is 5.73 Å². The highest BCUT2D eigenvalue weighted by atomic mass is 15.0. The molecule has 0 radical (unpaired) electrons. The number of rotatable bonds is 4. The van der Waals surface area contributed by atoms with Crippen molar-refractivity contribution >= 4 is 16.6 Å². The molecule has 3 rings (SSSR count). The Balaban J connectivity index is 1.99. The van der Waals surface area contributed by atoms with Gasteiger partial charge >= 0.3 is 0 Å². The van der Waals surface area contributed by atoms with Gasteiger partial charge in [0.1, 0.15) is 0 Å². The standard InChI is InChI=1S/C15H19N3/c1-15(10-16,11-6-7-11)18-14-8-9-17-13-5-3-2-4-12(13)14/h2-5,8-9,11H,6-7,10,16H2,1H3,(H,17,18). The molecule has 0 amide bonds. The van der Waals surface area contributed by atoms with Gasteiger partial charge in [0.15, 0.2) is 0 Å². The van der Waals surface area contributed by atoms with Crippen molar-refractivity contribution in [1.82, 2.24) is 4.98 Å². The molecule has 18 heavy (non-hydrogen) atoms. The number of nitrogens with one attached hydrogen (secondary N) is 1. The predicted octanol–water partition coefficient (Wildman–Crippen LogP) is 2.77. The van der Waals surface area contributed by atoms with Crippen molar-refractivity contribution in [3.63, 3.8) is 0 Å². The number of nitrogens with zero attached hydrogens (tertiary/aromatic N) is 1. The monoisotopic (exact) mass is 241 g/mol. The van der Waals surface area contributed by atoms with Crippen LogP contribution in [0.5, 0.6) is 0 Å². The van der Waals surface area contributed by atoms with Crippen LogP contribution in [0.25, 0.3) is 10.9 Å². The predicted molar refractivity (Wildman–Crippen MR) is 75.5 cm³/mol. The van der Waals surface area contributed by atoms with E-state index in [1.165, 1.54) is 18.2 Å². The van der Waals surface area contributed by atoms with Crippen LogP contribution in [0.1, 0.15) is 19.8 Å². The minimum Gasteiger partial charge on any atom is -0.378 e. The molecule has 94 valence electrons. The second-order valence-corrected chi connectivity index (χ2v) is 5.40. The highest BCUT2D eigenvalue weighted by Gasteiger charge is 2.40. The second kappa shape index (κ2) is 4.25. The molecule has 3 N–H and O–H groups in total. The number of hydrogen-bond donors (Lipinski definition) is 2. The van der Waals surface area contributed by atoms with Gasteiger partial charge in [-0.05, 0) is 37.8 Å². The first kappa shape index (κ1) is 11.5. The Bertz CT molecular complexity index is 557. The number of hydrogen-bond acceptors (Lipinski definition) is 3. The van der Waals surface area contributed by atoms with Crippen molar-refractivity contribution < 1.29 is 0 Å². The third-order valence-electron chi connectivity index (χ3n) is 3.97. The lowest BCUT2D eigenvalue weighted by atomic mass is 9.95. The van der Waals surface area contributed by atoms with E-state index in [1.54, 1.807) is 0 Å². The van der Waals surface area contributed by atoms with Crippen molar-refractivity contribution in [2.45, 2.75) is 25.3 Å². The van der Waals surface area contributed by atoms with Crippen LogP contribution in [-0.4, -0.2) is 17.1 Å². The highest BCUT2D eigenvalue weighted by molar-refractivity contribution is 5.91. The fourth-order valence-electron chi connectivity index (χ4n) is 2.55. The Morgan fingerprint density at radius 2 is 2.11 bits per heavy atom. The fourth-order valence-corrected chi connectivity index (χ4v) is 2.55. The molecular weight excluding hydrogens is 222 g/mol. The maximum Gasteiger partial charge on any atom is 0.0722 e. The molecule has 0 bridgehead atoms. The summed E-state index contributed by atoms with van der Waals surface area (Å²) in [4.78, 5) is 4.39. The van der Waals surface area contributed by atoms with Crippen molar-refractivity contribution in [1.29, 1.82) is 0 Å². The molecule has 1 saturated carbocycles. The smallest absolute Gasteiger partial charge is 0.0722 e. The molecule has 0 spiro atoms. The van der Waals surface area contributed by atoms with Gasteiger partial charge < -0.3 is 11.1 Å². The minimum absolute atomic E-state index is 0.00409. The van der Waals surface area contributed by atoms with Crippen LogP contribution < -0.4 is 11.1 Å². The quantitative estimate of drug-likeness (QED) is 0.865. The molecule has 2 aromatic rings. The van der Waals surface area contributed by atoms with Crippen LogP contribution in [0.4, 0.5) is 5.69 Å². The molecule has 1 fully saturated rings. The number of benzene rings is 1. The summed E-state index contributed by atoms with van der Waals surface area (Å²) < 4.78 is 0. The molecule has 1 atom stereocenters. The zero-order valence-corrected chi connectivity index (χ0v) is 10.7. The van der Waals surface area contributed by atoms with Crippen LogP contribution >= 0.6 is 0 Å². The van der Waals surface area contributed by atoms with E-state index in [1.807, 2.05) is 30.5 Å².